The van der Waals surface area contributed by atoms with Crippen molar-refractivity contribution in [2.24, 2.45) is 5.92 Å². The number of benzene rings is 2. The number of nitrogens with one attached hydrogen (secondary N) is 1. The van der Waals surface area contributed by atoms with Crippen LogP contribution in [0.1, 0.15) is 46.0 Å². The van der Waals surface area contributed by atoms with Crippen molar-refractivity contribution < 1.29 is 28.3 Å². The number of aldehydes is 1. The van der Waals surface area contributed by atoms with Crippen molar-refractivity contribution in [1.82, 2.24) is 15.2 Å². The second-order valence-electron chi connectivity index (χ2n) is 10.8. The number of hydrogen-bond donors (Lipinski definition) is 1. The van der Waals surface area contributed by atoms with Gasteiger partial charge < -0.3 is 24.6 Å². The van der Waals surface area contributed by atoms with Crippen LogP contribution in [0.3, 0.4) is 0 Å². The smallest absolute Gasteiger partial charge is 0.316 e. The van der Waals surface area contributed by atoms with Crippen molar-refractivity contribution in [3.8, 4) is 11.1 Å². The van der Waals surface area contributed by atoms with Gasteiger partial charge in [0.1, 0.15) is 23.5 Å². The fourth-order valence-electron chi connectivity index (χ4n) is 5.00. The maximum absolute atomic E-state index is 14.7. The number of amides is 2. The lowest BCUT2D eigenvalue weighted by atomic mass is 9.82. The highest BCUT2D eigenvalue weighted by Gasteiger charge is 2.32. The third-order valence-corrected chi connectivity index (χ3v) is 7.85. The van der Waals surface area contributed by atoms with E-state index < -0.39 is 23.7 Å². The summed E-state index contributed by atoms with van der Waals surface area (Å²) >= 11 is 3.06. The summed E-state index contributed by atoms with van der Waals surface area (Å²) in [4.78, 5) is 57.3. The van der Waals surface area contributed by atoms with Crippen LogP contribution in [0.25, 0.3) is 11.1 Å². The molecule has 2 amide bonds. The Morgan fingerprint density at radius 1 is 1.09 bits per heavy atom. The van der Waals surface area contributed by atoms with Crippen molar-refractivity contribution in [2.45, 2.75) is 38.5 Å². The van der Waals surface area contributed by atoms with E-state index in [4.69, 9.17) is 4.74 Å². The van der Waals surface area contributed by atoms with Crippen LogP contribution in [0.4, 0.5) is 10.1 Å². The largest absolute Gasteiger partial charge is 0.462 e. The number of hydrogen-bond acceptors (Lipinski definition) is 7. The van der Waals surface area contributed by atoms with Crippen LogP contribution in [0, 0.1) is 11.7 Å². The lowest BCUT2D eigenvalue weighted by Crippen LogP contribution is -2.41. The van der Waals surface area contributed by atoms with E-state index in [-0.39, 0.29) is 35.4 Å². The Hall–Kier alpha value is -4.12. The van der Waals surface area contributed by atoms with Crippen molar-refractivity contribution in [2.75, 3.05) is 30.9 Å². The maximum atomic E-state index is 14.7. The van der Waals surface area contributed by atoms with Crippen molar-refractivity contribution >= 4 is 45.7 Å². The summed E-state index contributed by atoms with van der Waals surface area (Å²) in [5.74, 6) is -1.65. The summed E-state index contributed by atoms with van der Waals surface area (Å²) in [6.45, 7) is 1.88. The lowest BCUT2D eigenvalue weighted by molar-refractivity contribution is -0.152. The van der Waals surface area contributed by atoms with E-state index in [0.717, 1.165) is 17.2 Å². The van der Waals surface area contributed by atoms with Crippen LogP contribution in [0.15, 0.2) is 60.9 Å². The second-order valence-corrected chi connectivity index (χ2v) is 11.4. The summed E-state index contributed by atoms with van der Waals surface area (Å²) in [6.07, 6.45) is 5.18. The van der Waals surface area contributed by atoms with Crippen LogP contribution in [-0.4, -0.2) is 72.1 Å². The Labute approximate surface area is 258 Å². The molecular formula is C32H34BrFN4O5. The lowest BCUT2D eigenvalue weighted by Gasteiger charge is -2.34. The number of nitrogens with zero attached hydrogens (tertiary/aromatic N) is 3. The Morgan fingerprint density at radius 2 is 1.81 bits per heavy atom. The standard InChI is InChI=1S/C32H34BrFN4O5/c1-20(19-39)38(32(42)28-5-4-24(15-29(28)37(2)3)23-6-8-35-9-7-23)18-22-10-25(14-26(34)11-22)31(41)36-17-21-12-27(13-21)43-30(40)16-33/h4-11,14-15,19-21,27H,12-13,16-18H2,1-3H3,(H,36,41)/t20-,21?,27?/m1/s1. The zero-order valence-electron chi connectivity index (χ0n) is 24.3. The summed E-state index contributed by atoms with van der Waals surface area (Å²) < 4.78 is 19.9. The molecule has 1 atom stereocenters. The highest BCUT2D eigenvalue weighted by Crippen LogP contribution is 2.31. The fourth-order valence-corrected chi connectivity index (χ4v) is 5.13. The normalized spacial score (nSPS) is 16.4. The van der Waals surface area contributed by atoms with E-state index in [1.54, 1.807) is 25.4 Å². The molecule has 1 N–H and O–H groups in total. The molecule has 1 fully saturated rings. The third-order valence-electron chi connectivity index (χ3n) is 7.40. The van der Waals surface area contributed by atoms with E-state index in [0.29, 0.717) is 42.5 Å². The summed E-state index contributed by atoms with van der Waals surface area (Å²) in [5, 5.41) is 2.95. The van der Waals surface area contributed by atoms with Gasteiger partial charge in [0.2, 0.25) is 0 Å². The zero-order valence-corrected chi connectivity index (χ0v) is 25.8. The number of carbonyl (C=O) groups excluding carboxylic acids is 4. The number of carbonyl (C=O) groups is 4. The molecule has 1 aliphatic rings. The molecule has 0 unspecified atom stereocenters. The van der Waals surface area contributed by atoms with Gasteiger partial charge in [0, 0.05) is 50.8 Å². The minimum atomic E-state index is -0.812. The van der Waals surface area contributed by atoms with Crippen molar-refractivity contribution in [3.05, 3.63) is 83.4 Å². The van der Waals surface area contributed by atoms with Gasteiger partial charge in [-0.2, -0.15) is 0 Å². The van der Waals surface area contributed by atoms with Gasteiger partial charge >= 0.3 is 5.97 Å². The van der Waals surface area contributed by atoms with E-state index in [2.05, 4.69) is 26.2 Å². The van der Waals surface area contributed by atoms with E-state index in [1.165, 1.54) is 17.0 Å². The minimum Gasteiger partial charge on any atom is -0.462 e. The zero-order chi connectivity index (χ0) is 31.1. The molecule has 1 saturated carbocycles. The number of ether oxygens (including phenoxy) is 1. The van der Waals surface area contributed by atoms with Crippen LogP contribution in [0.5, 0.6) is 0 Å². The number of halogens is 2. The summed E-state index contributed by atoms with van der Waals surface area (Å²) in [6, 6.07) is 12.3. The Balaban J connectivity index is 1.50. The summed E-state index contributed by atoms with van der Waals surface area (Å²) in [7, 11) is 3.65. The number of anilines is 1. The number of pyridine rings is 1. The van der Waals surface area contributed by atoms with Gasteiger partial charge in [0.05, 0.1) is 11.6 Å². The molecule has 1 aliphatic carbocycles. The average Bonchev–Trinajstić information content (AvgIpc) is 2.99. The highest BCUT2D eigenvalue weighted by atomic mass is 79.9. The molecule has 0 spiro atoms. The highest BCUT2D eigenvalue weighted by molar-refractivity contribution is 9.09. The SMILES string of the molecule is C[C@H](C=O)N(Cc1cc(F)cc(C(=O)NCC2CC(OC(=O)CBr)C2)c1)C(=O)c1ccc(-c2ccncc2)cc1N(C)C. The summed E-state index contributed by atoms with van der Waals surface area (Å²) in [5.41, 5.74) is 3.36. The number of aromatic nitrogens is 1. The third kappa shape index (κ3) is 8.04. The van der Waals surface area contributed by atoms with E-state index in [9.17, 15) is 23.6 Å². The topological polar surface area (TPSA) is 109 Å². The van der Waals surface area contributed by atoms with Gasteiger partial charge in [0.25, 0.3) is 11.8 Å². The fraction of sp³-hybridized carbons (Fsp3) is 0.344. The molecule has 3 aromatic rings. The first-order chi connectivity index (χ1) is 20.6. The van der Waals surface area contributed by atoms with E-state index in [1.807, 2.05) is 43.3 Å². The first kappa shape index (κ1) is 31.8. The van der Waals surface area contributed by atoms with Gasteiger partial charge in [-0.1, -0.05) is 22.0 Å². The molecule has 0 aliphatic heterocycles. The average molecular weight is 654 g/mol. The predicted molar refractivity (Wildman–Crippen MR) is 165 cm³/mol. The Kier molecular flexibility index (Phi) is 10.6. The monoisotopic (exact) mass is 652 g/mol. The van der Waals surface area contributed by atoms with Gasteiger partial charge in [0.15, 0.2) is 0 Å². The number of alkyl halides is 1. The van der Waals surface area contributed by atoms with E-state index >= 15 is 0 Å². The Morgan fingerprint density at radius 3 is 2.47 bits per heavy atom. The molecule has 2 aromatic carbocycles. The quantitative estimate of drug-likeness (QED) is 0.173. The molecule has 11 heteroatoms. The van der Waals surface area contributed by atoms with Gasteiger partial charge in [-0.05, 0) is 84.8 Å². The molecule has 0 bridgehead atoms. The van der Waals surface area contributed by atoms with Gasteiger partial charge in [-0.15, -0.1) is 0 Å². The van der Waals surface area contributed by atoms with Crippen molar-refractivity contribution in [1.29, 1.82) is 0 Å². The maximum Gasteiger partial charge on any atom is 0.316 e. The molecule has 9 nitrogen and oxygen atoms in total. The van der Waals surface area contributed by atoms with Crippen LogP contribution in [-0.2, 0) is 20.9 Å². The Bertz CT molecular complexity index is 1480. The minimum absolute atomic E-state index is 0.0843. The van der Waals surface area contributed by atoms with Gasteiger partial charge in [-0.3, -0.25) is 19.4 Å². The first-order valence-electron chi connectivity index (χ1n) is 13.9. The molecule has 1 heterocycles. The first-order valence-corrected chi connectivity index (χ1v) is 15.0. The number of rotatable bonds is 12. The molecule has 0 radical (unpaired) electrons. The van der Waals surface area contributed by atoms with Crippen molar-refractivity contribution in [3.63, 3.8) is 0 Å². The molecule has 226 valence electrons. The predicted octanol–water partition coefficient (Wildman–Crippen LogP) is 4.63. The molecule has 1 aromatic heterocycles. The molecule has 0 saturated heterocycles. The molecule has 4 rings (SSSR count). The van der Waals surface area contributed by atoms with Crippen LogP contribution < -0.4 is 10.2 Å². The van der Waals surface area contributed by atoms with Gasteiger partial charge in [-0.25, -0.2) is 4.39 Å². The van der Waals surface area contributed by atoms with Crippen LogP contribution in [0.2, 0.25) is 0 Å². The molecule has 43 heavy (non-hydrogen) atoms. The molecular weight excluding hydrogens is 619 g/mol. The number of esters is 1. The van der Waals surface area contributed by atoms with Crippen LogP contribution >= 0.6 is 15.9 Å². The second kappa shape index (κ2) is 14.4.